The first-order chi connectivity index (χ1) is 13.8. The largest absolute Gasteiger partial charge is 0.380 e. The second-order valence-electron chi connectivity index (χ2n) is 7.83. The third kappa shape index (κ3) is 3.87. The second-order valence-corrected chi connectivity index (χ2v) is 8.27. The zero-order valence-electron chi connectivity index (χ0n) is 16.1. The van der Waals surface area contributed by atoms with Crippen LogP contribution >= 0.6 is 11.6 Å². The van der Waals surface area contributed by atoms with E-state index in [1.807, 2.05) is 6.92 Å². The summed E-state index contributed by atoms with van der Waals surface area (Å²) in [6.45, 7) is 3.12. The molecule has 2 amide bonds. The number of halogens is 2. The Bertz CT molecular complexity index is 959. The molecule has 7 heteroatoms. The van der Waals surface area contributed by atoms with Crippen LogP contribution < -0.4 is 0 Å². The van der Waals surface area contributed by atoms with Gasteiger partial charge in [-0.1, -0.05) is 23.7 Å². The molecule has 1 atom stereocenters. The number of benzene rings is 2. The molecule has 0 unspecified atom stereocenters. The molecule has 1 saturated heterocycles. The Kier molecular flexibility index (Phi) is 5.09. The number of nitrogens with zero attached hydrogens (tertiary/aromatic N) is 2. The number of aliphatic hydroxyl groups is 1. The normalized spacial score (nSPS) is 20.5. The molecule has 2 aromatic carbocycles. The highest BCUT2D eigenvalue weighted by atomic mass is 35.5. The number of hydrogen-bond donors (Lipinski definition) is 1. The first kappa shape index (κ1) is 19.9. The van der Waals surface area contributed by atoms with Crippen LogP contribution in [0, 0.1) is 5.82 Å². The van der Waals surface area contributed by atoms with Crippen molar-refractivity contribution in [3.8, 4) is 11.1 Å². The van der Waals surface area contributed by atoms with Gasteiger partial charge in [0.2, 0.25) is 0 Å². The van der Waals surface area contributed by atoms with Gasteiger partial charge in [0.15, 0.2) is 0 Å². The Morgan fingerprint density at radius 1 is 1.14 bits per heavy atom. The Balaban J connectivity index is 1.45. The van der Waals surface area contributed by atoms with Gasteiger partial charge in [0, 0.05) is 41.8 Å². The van der Waals surface area contributed by atoms with Crippen LogP contribution in [-0.2, 0) is 4.79 Å². The van der Waals surface area contributed by atoms with Gasteiger partial charge in [-0.3, -0.25) is 9.59 Å². The van der Waals surface area contributed by atoms with E-state index >= 15 is 0 Å². The van der Waals surface area contributed by atoms with Gasteiger partial charge in [0.1, 0.15) is 11.4 Å². The molecule has 1 aliphatic carbocycles. The molecular formula is C22H22ClFN2O3. The highest BCUT2D eigenvalue weighted by Crippen LogP contribution is 2.37. The van der Waals surface area contributed by atoms with E-state index in [-0.39, 0.29) is 17.9 Å². The number of hydrogen-bond acceptors (Lipinski definition) is 3. The molecule has 1 saturated carbocycles. The van der Waals surface area contributed by atoms with Crippen molar-refractivity contribution in [1.82, 2.24) is 9.80 Å². The van der Waals surface area contributed by atoms with E-state index in [1.165, 1.54) is 6.07 Å². The standard InChI is InChI=1S/C22H22ClFN2O3/c1-14-13-25(21(28)22(29)8-9-22)10-11-26(14)20(27)16-4-2-15(3-5-16)18-7-6-17(23)12-19(18)24/h2-7,12,14,29H,8-11,13H2,1H3/t14-/m0/s1. The van der Waals surface area contributed by atoms with Gasteiger partial charge in [0.05, 0.1) is 0 Å². The Morgan fingerprint density at radius 2 is 1.83 bits per heavy atom. The third-order valence-corrected chi connectivity index (χ3v) is 5.91. The maximum Gasteiger partial charge on any atom is 0.254 e. The van der Waals surface area contributed by atoms with Gasteiger partial charge in [-0.2, -0.15) is 0 Å². The van der Waals surface area contributed by atoms with Crippen LogP contribution in [0.3, 0.4) is 0 Å². The SMILES string of the molecule is C[C@H]1CN(C(=O)C2(O)CC2)CCN1C(=O)c1ccc(-c2ccc(Cl)cc2F)cc1. The molecule has 2 fully saturated rings. The van der Waals surface area contributed by atoms with Crippen molar-refractivity contribution in [2.45, 2.75) is 31.4 Å². The van der Waals surface area contributed by atoms with E-state index in [0.717, 1.165) is 0 Å². The monoisotopic (exact) mass is 416 g/mol. The molecule has 29 heavy (non-hydrogen) atoms. The molecule has 5 nitrogen and oxygen atoms in total. The van der Waals surface area contributed by atoms with Crippen molar-refractivity contribution in [2.75, 3.05) is 19.6 Å². The van der Waals surface area contributed by atoms with Gasteiger partial charge in [0.25, 0.3) is 11.8 Å². The lowest BCUT2D eigenvalue weighted by Crippen LogP contribution is -2.57. The van der Waals surface area contributed by atoms with E-state index in [1.54, 1.807) is 46.2 Å². The Morgan fingerprint density at radius 3 is 2.41 bits per heavy atom. The molecule has 2 aromatic rings. The van der Waals surface area contributed by atoms with Crippen molar-refractivity contribution in [2.24, 2.45) is 0 Å². The molecule has 1 aliphatic heterocycles. The molecule has 0 aromatic heterocycles. The summed E-state index contributed by atoms with van der Waals surface area (Å²) in [4.78, 5) is 28.6. The van der Waals surface area contributed by atoms with Crippen LogP contribution in [0.2, 0.25) is 5.02 Å². The lowest BCUT2D eigenvalue weighted by molar-refractivity contribution is -0.144. The fourth-order valence-corrected chi connectivity index (χ4v) is 3.91. The summed E-state index contributed by atoms with van der Waals surface area (Å²) in [5, 5.41) is 10.4. The number of amides is 2. The average Bonchev–Trinajstić information content (AvgIpc) is 3.46. The summed E-state index contributed by atoms with van der Waals surface area (Å²) < 4.78 is 14.1. The fourth-order valence-electron chi connectivity index (χ4n) is 3.75. The number of carbonyl (C=O) groups is 2. The summed E-state index contributed by atoms with van der Waals surface area (Å²) in [6.07, 6.45) is 1.03. The second kappa shape index (κ2) is 7.43. The fraction of sp³-hybridized carbons (Fsp3) is 0.364. The first-order valence-corrected chi connectivity index (χ1v) is 10.0. The van der Waals surface area contributed by atoms with E-state index in [4.69, 9.17) is 11.6 Å². The van der Waals surface area contributed by atoms with Crippen LogP contribution in [0.1, 0.15) is 30.1 Å². The Labute approximate surface area is 173 Å². The number of rotatable bonds is 3. The smallest absolute Gasteiger partial charge is 0.254 e. The van der Waals surface area contributed by atoms with Crippen LogP contribution in [0.25, 0.3) is 11.1 Å². The van der Waals surface area contributed by atoms with Crippen molar-refractivity contribution in [1.29, 1.82) is 0 Å². The zero-order valence-corrected chi connectivity index (χ0v) is 16.8. The molecular weight excluding hydrogens is 395 g/mol. The quantitative estimate of drug-likeness (QED) is 0.834. The first-order valence-electron chi connectivity index (χ1n) is 9.67. The minimum atomic E-state index is -1.18. The zero-order chi connectivity index (χ0) is 20.8. The van der Waals surface area contributed by atoms with E-state index in [9.17, 15) is 19.1 Å². The predicted octanol–water partition coefficient (Wildman–Crippen LogP) is 3.34. The summed E-state index contributed by atoms with van der Waals surface area (Å²) in [5.74, 6) is -0.771. The van der Waals surface area contributed by atoms with Crippen molar-refractivity contribution in [3.63, 3.8) is 0 Å². The van der Waals surface area contributed by atoms with Gasteiger partial charge in [-0.15, -0.1) is 0 Å². The van der Waals surface area contributed by atoms with Crippen LogP contribution in [0.4, 0.5) is 4.39 Å². The maximum atomic E-state index is 14.1. The van der Waals surface area contributed by atoms with Crippen molar-refractivity contribution in [3.05, 3.63) is 58.9 Å². The van der Waals surface area contributed by atoms with Gasteiger partial charge in [-0.05, 0) is 55.7 Å². The molecule has 0 bridgehead atoms. The molecule has 2 aliphatic rings. The van der Waals surface area contributed by atoms with Gasteiger partial charge >= 0.3 is 0 Å². The third-order valence-electron chi connectivity index (χ3n) is 5.67. The highest BCUT2D eigenvalue weighted by Gasteiger charge is 2.51. The van der Waals surface area contributed by atoms with Gasteiger partial charge in [-0.25, -0.2) is 4.39 Å². The minimum Gasteiger partial charge on any atom is -0.380 e. The summed E-state index contributed by atoms with van der Waals surface area (Å²) >= 11 is 5.80. The average molecular weight is 417 g/mol. The molecule has 0 radical (unpaired) electrons. The van der Waals surface area contributed by atoms with Crippen LogP contribution in [0.15, 0.2) is 42.5 Å². The molecule has 1 N–H and O–H groups in total. The minimum absolute atomic E-state index is 0.127. The topological polar surface area (TPSA) is 60.9 Å². The number of piperazine rings is 1. The van der Waals surface area contributed by atoms with Crippen LogP contribution in [0.5, 0.6) is 0 Å². The summed E-state index contributed by atoms with van der Waals surface area (Å²) in [5.41, 5.74) is 0.415. The van der Waals surface area contributed by atoms with Gasteiger partial charge < -0.3 is 14.9 Å². The molecule has 0 spiro atoms. The lowest BCUT2D eigenvalue weighted by Gasteiger charge is -2.40. The van der Waals surface area contributed by atoms with Crippen molar-refractivity contribution >= 4 is 23.4 Å². The Hall–Kier alpha value is -2.44. The van der Waals surface area contributed by atoms with Crippen LogP contribution in [-0.4, -0.2) is 58.0 Å². The van der Waals surface area contributed by atoms with E-state index in [2.05, 4.69) is 0 Å². The summed E-state index contributed by atoms with van der Waals surface area (Å²) in [6, 6.07) is 11.1. The molecule has 1 heterocycles. The maximum absolute atomic E-state index is 14.1. The molecule has 4 rings (SSSR count). The predicted molar refractivity (Wildman–Crippen MR) is 108 cm³/mol. The molecule has 152 valence electrons. The number of carbonyl (C=O) groups excluding carboxylic acids is 2. The van der Waals surface area contributed by atoms with Crippen molar-refractivity contribution < 1.29 is 19.1 Å². The highest BCUT2D eigenvalue weighted by molar-refractivity contribution is 6.30. The van der Waals surface area contributed by atoms with E-state index in [0.29, 0.717) is 54.2 Å². The van der Waals surface area contributed by atoms with E-state index < -0.39 is 11.4 Å². The lowest BCUT2D eigenvalue weighted by atomic mass is 10.0. The summed E-state index contributed by atoms with van der Waals surface area (Å²) in [7, 11) is 0.